The average Bonchev–Trinajstić information content (AvgIpc) is 3.03. The molecule has 0 spiro atoms. The summed E-state index contributed by atoms with van der Waals surface area (Å²) in [5.41, 5.74) is 2.28. The van der Waals surface area contributed by atoms with Gasteiger partial charge in [0, 0.05) is 5.75 Å². The molecular formula is C22H19Cl2FN2OS. The van der Waals surface area contributed by atoms with Crippen molar-refractivity contribution in [3.63, 3.8) is 0 Å². The maximum atomic E-state index is 13.5. The van der Waals surface area contributed by atoms with Crippen LogP contribution in [0.4, 0.5) is 4.39 Å². The fraction of sp³-hybridized carbons (Fsp3) is 0.273. The predicted octanol–water partition coefficient (Wildman–Crippen LogP) is 6.70. The van der Waals surface area contributed by atoms with Crippen molar-refractivity contribution in [1.29, 1.82) is 0 Å². The Morgan fingerprint density at radius 1 is 1.21 bits per heavy atom. The number of para-hydroxylation sites is 2. The number of fused-ring (bicyclic) bond motifs is 1. The SMILES string of the molecule is CC1(C)[C@H](C=C(Cl)Cl)[C@H]1C(=O)n1c(SCc2ccc(F)cc2)nc2ccccc21. The second-order valence-corrected chi connectivity index (χ2v) is 9.70. The van der Waals surface area contributed by atoms with Gasteiger partial charge in [0.2, 0.25) is 5.91 Å². The van der Waals surface area contributed by atoms with E-state index < -0.39 is 0 Å². The summed E-state index contributed by atoms with van der Waals surface area (Å²) >= 11 is 13.2. The molecule has 0 saturated heterocycles. The van der Waals surface area contributed by atoms with Gasteiger partial charge < -0.3 is 0 Å². The first-order valence-corrected chi connectivity index (χ1v) is 10.9. The smallest absolute Gasteiger partial charge is 0.237 e. The Bertz CT molecular complexity index is 1100. The molecule has 1 fully saturated rings. The minimum atomic E-state index is -0.269. The van der Waals surface area contributed by atoms with Gasteiger partial charge in [-0.05, 0) is 47.2 Å². The van der Waals surface area contributed by atoms with Gasteiger partial charge in [-0.1, -0.05) is 73.1 Å². The van der Waals surface area contributed by atoms with E-state index in [2.05, 4.69) is 4.98 Å². The molecule has 29 heavy (non-hydrogen) atoms. The fourth-order valence-electron chi connectivity index (χ4n) is 3.78. The number of halogens is 3. The minimum Gasteiger partial charge on any atom is -0.274 e. The summed E-state index contributed by atoms with van der Waals surface area (Å²) in [5, 5.41) is 0.628. The van der Waals surface area contributed by atoms with E-state index in [0.717, 1.165) is 16.6 Å². The van der Waals surface area contributed by atoms with E-state index in [9.17, 15) is 9.18 Å². The topological polar surface area (TPSA) is 34.9 Å². The Balaban J connectivity index is 1.68. The molecule has 7 heteroatoms. The molecule has 1 aromatic heterocycles. The van der Waals surface area contributed by atoms with Crippen LogP contribution in [0.25, 0.3) is 11.0 Å². The van der Waals surface area contributed by atoms with E-state index in [1.165, 1.54) is 23.9 Å². The van der Waals surface area contributed by atoms with Gasteiger partial charge in [0.05, 0.1) is 17.0 Å². The first-order valence-electron chi connectivity index (χ1n) is 9.21. The standard InChI is InChI=1S/C22H19Cl2FN2OS/c1-22(2)15(11-18(23)24)19(22)20(28)27-17-6-4-3-5-16(17)26-21(27)29-12-13-7-9-14(25)10-8-13/h3-11,15,19H,12H2,1-2H3/t15-,19+/m1/s1. The van der Waals surface area contributed by atoms with Crippen LogP contribution < -0.4 is 0 Å². The normalized spacial score (nSPS) is 19.9. The number of allylic oxidation sites excluding steroid dienone is 1. The monoisotopic (exact) mass is 448 g/mol. The van der Waals surface area contributed by atoms with Crippen LogP contribution in [-0.4, -0.2) is 15.5 Å². The lowest BCUT2D eigenvalue weighted by atomic mass is 10.1. The van der Waals surface area contributed by atoms with Crippen molar-refractivity contribution in [3.05, 3.63) is 70.5 Å². The number of nitrogens with zero attached hydrogens (tertiary/aromatic N) is 2. The molecule has 0 unspecified atom stereocenters. The first kappa shape index (κ1) is 20.5. The Kier molecular flexibility index (Phi) is 5.49. The highest BCUT2D eigenvalue weighted by Gasteiger charge is 2.61. The van der Waals surface area contributed by atoms with E-state index in [-0.39, 0.29) is 33.5 Å². The van der Waals surface area contributed by atoms with E-state index in [4.69, 9.17) is 23.2 Å². The molecule has 2 aromatic carbocycles. The van der Waals surface area contributed by atoms with Gasteiger partial charge in [-0.15, -0.1) is 0 Å². The maximum absolute atomic E-state index is 13.5. The van der Waals surface area contributed by atoms with Crippen LogP contribution in [0.5, 0.6) is 0 Å². The van der Waals surface area contributed by atoms with Crippen LogP contribution in [0.3, 0.4) is 0 Å². The number of thioether (sulfide) groups is 1. The summed E-state index contributed by atoms with van der Waals surface area (Å²) in [6.07, 6.45) is 1.75. The van der Waals surface area contributed by atoms with E-state index in [1.807, 2.05) is 38.1 Å². The zero-order chi connectivity index (χ0) is 20.8. The Labute approximate surface area is 182 Å². The molecule has 4 rings (SSSR count). The summed E-state index contributed by atoms with van der Waals surface area (Å²) < 4.78 is 15.0. The van der Waals surface area contributed by atoms with Crippen molar-refractivity contribution < 1.29 is 9.18 Å². The molecule has 3 aromatic rings. The zero-order valence-electron chi connectivity index (χ0n) is 15.9. The highest BCUT2D eigenvalue weighted by Crippen LogP contribution is 2.60. The average molecular weight is 449 g/mol. The second kappa shape index (κ2) is 7.78. The van der Waals surface area contributed by atoms with Crippen LogP contribution in [0.15, 0.2) is 64.3 Å². The molecule has 1 heterocycles. The highest BCUT2D eigenvalue weighted by atomic mass is 35.5. The van der Waals surface area contributed by atoms with Crippen LogP contribution >= 0.6 is 35.0 Å². The molecular weight excluding hydrogens is 430 g/mol. The van der Waals surface area contributed by atoms with Gasteiger partial charge in [-0.2, -0.15) is 0 Å². The van der Waals surface area contributed by atoms with Crippen molar-refractivity contribution in [1.82, 2.24) is 9.55 Å². The van der Waals surface area contributed by atoms with Crippen molar-refractivity contribution in [3.8, 4) is 0 Å². The van der Waals surface area contributed by atoms with Crippen LogP contribution in [-0.2, 0) is 5.75 Å². The van der Waals surface area contributed by atoms with E-state index >= 15 is 0 Å². The Hall–Kier alpha value is -1.82. The van der Waals surface area contributed by atoms with Crippen molar-refractivity contribution in [2.75, 3.05) is 0 Å². The van der Waals surface area contributed by atoms with Crippen molar-refractivity contribution >= 4 is 51.9 Å². The van der Waals surface area contributed by atoms with E-state index in [0.29, 0.717) is 10.9 Å². The number of aromatic nitrogens is 2. The number of carbonyl (C=O) groups excluding carboxylic acids is 1. The number of hydrogen-bond acceptors (Lipinski definition) is 3. The molecule has 1 aliphatic carbocycles. The molecule has 2 atom stereocenters. The Morgan fingerprint density at radius 2 is 1.90 bits per heavy atom. The van der Waals surface area contributed by atoms with Gasteiger partial charge in [0.1, 0.15) is 10.3 Å². The number of benzene rings is 2. The third kappa shape index (κ3) is 3.96. The number of carbonyl (C=O) groups is 1. The number of hydrogen-bond donors (Lipinski definition) is 0. The third-order valence-corrected chi connectivity index (χ3v) is 6.78. The van der Waals surface area contributed by atoms with Crippen molar-refractivity contribution in [2.24, 2.45) is 17.3 Å². The van der Waals surface area contributed by atoms with Gasteiger partial charge in [-0.3, -0.25) is 9.36 Å². The molecule has 0 amide bonds. The molecule has 0 aliphatic heterocycles. The zero-order valence-corrected chi connectivity index (χ0v) is 18.2. The van der Waals surface area contributed by atoms with E-state index in [1.54, 1.807) is 22.8 Å². The molecule has 1 aliphatic rings. The highest BCUT2D eigenvalue weighted by molar-refractivity contribution is 7.98. The predicted molar refractivity (Wildman–Crippen MR) is 117 cm³/mol. The van der Waals surface area contributed by atoms with Crippen molar-refractivity contribution in [2.45, 2.75) is 24.8 Å². The molecule has 150 valence electrons. The lowest BCUT2D eigenvalue weighted by molar-refractivity contribution is 0.0862. The van der Waals surface area contributed by atoms with Gasteiger partial charge in [0.15, 0.2) is 5.16 Å². The summed E-state index contributed by atoms with van der Waals surface area (Å²) in [6, 6.07) is 13.9. The summed E-state index contributed by atoms with van der Waals surface area (Å²) in [6.45, 7) is 4.08. The third-order valence-electron chi connectivity index (χ3n) is 5.51. The van der Waals surface area contributed by atoms with Gasteiger partial charge in [-0.25, -0.2) is 9.37 Å². The molecule has 0 radical (unpaired) electrons. The molecule has 0 bridgehead atoms. The molecule has 1 saturated carbocycles. The summed E-state index contributed by atoms with van der Waals surface area (Å²) in [5.74, 6) is 0.0612. The Morgan fingerprint density at radius 3 is 2.59 bits per heavy atom. The fourth-order valence-corrected chi connectivity index (χ4v) is 5.02. The van der Waals surface area contributed by atoms with Gasteiger partial charge in [0.25, 0.3) is 0 Å². The maximum Gasteiger partial charge on any atom is 0.237 e. The number of rotatable bonds is 5. The largest absolute Gasteiger partial charge is 0.274 e. The van der Waals surface area contributed by atoms with Crippen LogP contribution in [0.2, 0.25) is 0 Å². The summed E-state index contributed by atoms with van der Waals surface area (Å²) in [4.78, 5) is 18.2. The van der Waals surface area contributed by atoms with Gasteiger partial charge >= 0.3 is 0 Å². The molecule has 3 nitrogen and oxygen atoms in total. The minimum absolute atomic E-state index is 0.0128. The van der Waals surface area contributed by atoms with Crippen LogP contribution in [0, 0.1) is 23.1 Å². The number of imidazole rings is 1. The van der Waals surface area contributed by atoms with Crippen LogP contribution in [0.1, 0.15) is 24.2 Å². The first-order chi connectivity index (χ1) is 13.8. The quantitative estimate of drug-likeness (QED) is 0.407. The lowest BCUT2D eigenvalue weighted by Crippen LogP contribution is -2.17. The summed E-state index contributed by atoms with van der Waals surface area (Å²) in [7, 11) is 0. The lowest BCUT2D eigenvalue weighted by Gasteiger charge is -2.09. The molecule has 0 N–H and O–H groups in total. The second-order valence-electron chi connectivity index (χ2n) is 7.75.